The Bertz CT molecular complexity index is 450. The molecule has 2 rings (SSSR count). The zero-order valence-electron chi connectivity index (χ0n) is 13.4. The van der Waals surface area contributed by atoms with E-state index in [4.69, 9.17) is 0 Å². The van der Waals surface area contributed by atoms with Crippen molar-refractivity contribution >= 4 is 5.91 Å². The van der Waals surface area contributed by atoms with Gasteiger partial charge in [-0.25, -0.2) is 0 Å². The summed E-state index contributed by atoms with van der Waals surface area (Å²) in [4.78, 5) is 16.8. The molecule has 1 aliphatic rings. The summed E-state index contributed by atoms with van der Waals surface area (Å²) in [7, 11) is 2.16. The molecule has 1 atom stereocenters. The Kier molecular flexibility index (Phi) is 5.76. The molecule has 1 amide bonds. The topological polar surface area (TPSA) is 35.6 Å². The lowest BCUT2D eigenvalue weighted by atomic mass is 10.1. The maximum atomic E-state index is 12.0. The smallest absolute Gasteiger partial charge is 0.224 e. The second-order valence-corrected chi connectivity index (χ2v) is 6.15. The van der Waals surface area contributed by atoms with Crippen LogP contribution in [0, 0.1) is 6.92 Å². The molecule has 1 saturated heterocycles. The minimum absolute atomic E-state index is 0.111. The molecule has 0 bridgehead atoms. The molecule has 1 aliphatic heterocycles. The van der Waals surface area contributed by atoms with E-state index in [0.29, 0.717) is 12.5 Å². The molecule has 1 N–H and O–H groups in total. The Labute approximate surface area is 128 Å². The van der Waals surface area contributed by atoms with Gasteiger partial charge in [-0.15, -0.1) is 0 Å². The van der Waals surface area contributed by atoms with E-state index in [9.17, 15) is 4.79 Å². The fraction of sp³-hybridized carbons (Fsp3) is 0.588. The predicted molar refractivity (Wildman–Crippen MR) is 86.4 cm³/mol. The van der Waals surface area contributed by atoms with Gasteiger partial charge in [-0.3, -0.25) is 9.69 Å². The van der Waals surface area contributed by atoms with Crippen molar-refractivity contribution in [2.24, 2.45) is 0 Å². The molecule has 4 heteroatoms. The van der Waals surface area contributed by atoms with Crippen LogP contribution in [0.5, 0.6) is 0 Å². The van der Waals surface area contributed by atoms with Gasteiger partial charge in [-0.05, 0) is 26.5 Å². The molecule has 0 saturated carbocycles. The number of hydrogen-bond donors (Lipinski definition) is 1. The molecule has 0 radical (unpaired) electrons. The van der Waals surface area contributed by atoms with Crippen LogP contribution in [0.4, 0.5) is 0 Å². The highest BCUT2D eigenvalue weighted by Gasteiger charge is 2.19. The van der Waals surface area contributed by atoms with E-state index in [2.05, 4.69) is 48.1 Å². The Balaban J connectivity index is 1.72. The van der Waals surface area contributed by atoms with Crippen LogP contribution in [0.2, 0.25) is 0 Å². The van der Waals surface area contributed by atoms with Crippen LogP contribution >= 0.6 is 0 Å². The first-order valence-corrected chi connectivity index (χ1v) is 7.79. The van der Waals surface area contributed by atoms with E-state index in [0.717, 1.165) is 38.3 Å². The van der Waals surface area contributed by atoms with Gasteiger partial charge < -0.3 is 10.2 Å². The van der Waals surface area contributed by atoms with Crippen LogP contribution in [-0.2, 0) is 11.2 Å². The first-order chi connectivity index (χ1) is 10.0. The number of carbonyl (C=O) groups excluding carboxylic acids is 1. The number of carbonyl (C=O) groups is 1. The summed E-state index contributed by atoms with van der Waals surface area (Å²) in [6, 6.07) is 8.56. The van der Waals surface area contributed by atoms with E-state index in [1.165, 1.54) is 5.56 Å². The number of nitrogens with one attached hydrogen (secondary N) is 1. The summed E-state index contributed by atoms with van der Waals surface area (Å²) < 4.78 is 0. The van der Waals surface area contributed by atoms with Crippen molar-refractivity contribution in [3.05, 3.63) is 35.4 Å². The Morgan fingerprint density at radius 2 is 1.81 bits per heavy atom. The van der Waals surface area contributed by atoms with Crippen LogP contribution in [-0.4, -0.2) is 61.5 Å². The molecule has 4 nitrogen and oxygen atoms in total. The minimum Gasteiger partial charge on any atom is -0.354 e. The minimum atomic E-state index is 0.111. The maximum Gasteiger partial charge on any atom is 0.224 e. The summed E-state index contributed by atoms with van der Waals surface area (Å²) in [5.41, 5.74) is 2.30. The van der Waals surface area contributed by atoms with Crippen LogP contribution < -0.4 is 5.32 Å². The number of nitrogens with zero attached hydrogens (tertiary/aromatic N) is 2. The van der Waals surface area contributed by atoms with E-state index in [1.54, 1.807) is 0 Å². The van der Waals surface area contributed by atoms with Crippen LogP contribution in [0.15, 0.2) is 24.3 Å². The molecule has 0 aromatic heterocycles. The van der Waals surface area contributed by atoms with Gasteiger partial charge in [0, 0.05) is 38.8 Å². The fourth-order valence-corrected chi connectivity index (χ4v) is 2.61. The van der Waals surface area contributed by atoms with Crippen molar-refractivity contribution in [3.63, 3.8) is 0 Å². The van der Waals surface area contributed by atoms with Crippen molar-refractivity contribution in [3.8, 4) is 0 Å². The summed E-state index contributed by atoms with van der Waals surface area (Å²) in [5.74, 6) is 0.111. The lowest BCUT2D eigenvalue weighted by molar-refractivity contribution is -0.120. The monoisotopic (exact) mass is 289 g/mol. The first-order valence-electron chi connectivity index (χ1n) is 7.79. The molecule has 1 fully saturated rings. The zero-order chi connectivity index (χ0) is 15.2. The highest BCUT2D eigenvalue weighted by molar-refractivity contribution is 5.78. The highest BCUT2D eigenvalue weighted by Crippen LogP contribution is 2.05. The van der Waals surface area contributed by atoms with Crippen molar-refractivity contribution in [2.45, 2.75) is 26.3 Å². The predicted octanol–water partition coefficient (Wildman–Crippen LogP) is 1.29. The summed E-state index contributed by atoms with van der Waals surface area (Å²) >= 11 is 0. The van der Waals surface area contributed by atoms with Crippen LogP contribution in [0.3, 0.4) is 0 Å². The van der Waals surface area contributed by atoms with E-state index >= 15 is 0 Å². The van der Waals surface area contributed by atoms with E-state index < -0.39 is 0 Å². The second-order valence-electron chi connectivity index (χ2n) is 6.15. The molecule has 1 aromatic rings. The number of hydrogen-bond acceptors (Lipinski definition) is 3. The first kappa shape index (κ1) is 16.0. The number of benzene rings is 1. The van der Waals surface area contributed by atoms with Gasteiger partial charge in [0.05, 0.1) is 6.42 Å². The molecule has 0 aliphatic carbocycles. The molecular weight excluding hydrogens is 262 g/mol. The third-order valence-electron chi connectivity index (χ3n) is 4.24. The van der Waals surface area contributed by atoms with Crippen molar-refractivity contribution in [1.29, 1.82) is 0 Å². The van der Waals surface area contributed by atoms with Gasteiger partial charge in [-0.2, -0.15) is 0 Å². The van der Waals surface area contributed by atoms with Gasteiger partial charge in [0.1, 0.15) is 0 Å². The largest absolute Gasteiger partial charge is 0.354 e. The fourth-order valence-electron chi connectivity index (χ4n) is 2.61. The molecule has 1 aromatic carbocycles. The Morgan fingerprint density at radius 3 is 2.43 bits per heavy atom. The third-order valence-corrected chi connectivity index (χ3v) is 4.24. The average Bonchev–Trinajstić information content (AvgIpc) is 2.48. The molecule has 1 heterocycles. The third kappa shape index (κ3) is 5.14. The quantitative estimate of drug-likeness (QED) is 0.887. The average molecular weight is 289 g/mol. The Morgan fingerprint density at radius 1 is 1.19 bits per heavy atom. The second kappa shape index (κ2) is 7.57. The van der Waals surface area contributed by atoms with E-state index in [-0.39, 0.29) is 5.91 Å². The number of amides is 1. The van der Waals surface area contributed by atoms with Gasteiger partial charge >= 0.3 is 0 Å². The number of likely N-dealkylation sites (N-methyl/N-ethyl adjacent to an activating group) is 1. The van der Waals surface area contributed by atoms with Gasteiger partial charge in [0.15, 0.2) is 0 Å². The lowest BCUT2D eigenvalue weighted by Crippen LogP contribution is -2.51. The SMILES string of the molecule is Cc1ccc(CC(=O)NC[C@@H](C)N2CCN(C)CC2)cc1. The van der Waals surface area contributed by atoms with Crippen molar-refractivity contribution in [2.75, 3.05) is 39.8 Å². The zero-order valence-corrected chi connectivity index (χ0v) is 13.4. The van der Waals surface area contributed by atoms with Gasteiger partial charge in [0.2, 0.25) is 5.91 Å². The number of piperazine rings is 1. The van der Waals surface area contributed by atoms with E-state index in [1.807, 2.05) is 12.1 Å². The molecule has 21 heavy (non-hydrogen) atoms. The Hall–Kier alpha value is -1.39. The van der Waals surface area contributed by atoms with Gasteiger partial charge in [0.25, 0.3) is 0 Å². The standard InChI is InChI=1S/C17H27N3O/c1-14-4-6-16(7-5-14)12-17(21)18-13-15(2)20-10-8-19(3)9-11-20/h4-7,15H,8-13H2,1-3H3,(H,18,21)/t15-/m1/s1. The van der Waals surface area contributed by atoms with Gasteiger partial charge in [-0.1, -0.05) is 29.8 Å². The summed E-state index contributed by atoms with van der Waals surface area (Å²) in [6.45, 7) is 9.38. The van der Waals surface area contributed by atoms with Crippen molar-refractivity contribution in [1.82, 2.24) is 15.1 Å². The normalized spacial score (nSPS) is 18.4. The number of aryl methyl sites for hydroxylation is 1. The van der Waals surface area contributed by atoms with Crippen molar-refractivity contribution < 1.29 is 4.79 Å². The van der Waals surface area contributed by atoms with Crippen LogP contribution in [0.25, 0.3) is 0 Å². The van der Waals surface area contributed by atoms with Crippen LogP contribution in [0.1, 0.15) is 18.1 Å². The molecule has 0 spiro atoms. The summed E-state index contributed by atoms with van der Waals surface area (Å²) in [5, 5.41) is 3.06. The molecule has 116 valence electrons. The number of rotatable bonds is 5. The molecule has 0 unspecified atom stereocenters. The summed E-state index contributed by atoms with van der Waals surface area (Å²) in [6.07, 6.45) is 0.468. The molecular formula is C17H27N3O. The highest BCUT2D eigenvalue weighted by atomic mass is 16.1. The lowest BCUT2D eigenvalue weighted by Gasteiger charge is -2.36. The maximum absolute atomic E-state index is 12.0.